The molecule has 0 unspecified atom stereocenters. The molecule has 6 heteroatoms. The highest BCUT2D eigenvalue weighted by Crippen LogP contribution is 2.14. The van der Waals surface area contributed by atoms with Gasteiger partial charge in [-0.1, -0.05) is 5.16 Å². The Morgan fingerprint density at radius 2 is 2.50 bits per heavy atom. The topological polar surface area (TPSA) is 78.6 Å². The standard InChI is InChI=1S/C14H23N3O3/c1-11-7-13(20-16-11)8-14(19)15-4-6-17-5-2-3-12(9-17)10-18/h7,12,18H,2-6,8-10H2,1H3,(H,15,19)/t12-/m1/s1. The molecule has 1 fully saturated rings. The third-order valence-corrected chi connectivity index (χ3v) is 3.62. The van der Waals surface area contributed by atoms with Crippen molar-refractivity contribution in [3.05, 3.63) is 17.5 Å². The maximum Gasteiger partial charge on any atom is 0.227 e. The zero-order valence-electron chi connectivity index (χ0n) is 12.0. The van der Waals surface area contributed by atoms with Gasteiger partial charge in [-0.15, -0.1) is 0 Å². The van der Waals surface area contributed by atoms with Crippen molar-refractivity contribution in [1.82, 2.24) is 15.4 Å². The van der Waals surface area contributed by atoms with E-state index in [1.54, 1.807) is 6.07 Å². The second kappa shape index (κ2) is 7.40. The van der Waals surface area contributed by atoms with Crippen LogP contribution in [-0.4, -0.2) is 53.9 Å². The summed E-state index contributed by atoms with van der Waals surface area (Å²) in [5.74, 6) is 0.937. The third kappa shape index (κ3) is 4.61. The van der Waals surface area contributed by atoms with Gasteiger partial charge < -0.3 is 19.8 Å². The molecule has 2 N–H and O–H groups in total. The van der Waals surface area contributed by atoms with Gasteiger partial charge in [-0.05, 0) is 32.2 Å². The van der Waals surface area contributed by atoms with Crippen molar-refractivity contribution in [1.29, 1.82) is 0 Å². The number of piperidine rings is 1. The van der Waals surface area contributed by atoms with Crippen LogP contribution in [0.25, 0.3) is 0 Å². The molecule has 1 aromatic rings. The Kier molecular flexibility index (Phi) is 5.55. The van der Waals surface area contributed by atoms with E-state index in [1.807, 2.05) is 6.92 Å². The number of aromatic nitrogens is 1. The highest BCUT2D eigenvalue weighted by atomic mass is 16.5. The lowest BCUT2D eigenvalue weighted by Gasteiger charge is -2.31. The Bertz CT molecular complexity index is 433. The number of nitrogens with zero attached hydrogens (tertiary/aromatic N) is 2. The first kappa shape index (κ1) is 15.0. The van der Waals surface area contributed by atoms with Crippen LogP contribution < -0.4 is 5.32 Å². The van der Waals surface area contributed by atoms with Crippen LogP contribution >= 0.6 is 0 Å². The van der Waals surface area contributed by atoms with Crippen LogP contribution in [0.15, 0.2) is 10.6 Å². The van der Waals surface area contributed by atoms with Crippen molar-refractivity contribution in [3.63, 3.8) is 0 Å². The summed E-state index contributed by atoms with van der Waals surface area (Å²) in [5, 5.41) is 15.8. The largest absolute Gasteiger partial charge is 0.396 e. The summed E-state index contributed by atoms with van der Waals surface area (Å²) in [7, 11) is 0. The molecule has 0 aromatic carbocycles. The van der Waals surface area contributed by atoms with E-state index in [-0.39, 0.29) is 18.9 Å². The molecule has 0 radical (unpaired) electrons. The van der Waals surface area contributed by atoms with E-state index < -0.39 is 0 Å². The summed E-state index contributed by atoms with van der Waals surface area (Å²) in [6.45, 7) is 5.52. The second-order valence-corrected chi connectivity index (χ2v) is 5.45. The van der Waals surface area contributed by atoms with E-state index in [4.69, 9.17) is 4.52 Å². The lowest BCUT2D eigenvalue weighted by molar-refractivity contribution is -0.120. The van der Waals surface area contributed by atoms with Crippen LogP contribution in [0.1, 0.15) is 24.3 Å². The Morgan fingerprint density at radius 1 is 1.65 bits per heavy atom. The highest BCUT2D eigenvalue weighted by molar-refractivity contribution is 5.77. The van der Waals surface area contributed by atoms with Crippen LogP contribution in [0.4, 0.5) is 0 Å². The van der Waals surface area contributed by atoms with Gasteiger partial charge in [0.15, 0.2) is 0 Å². The SMILES string of the molecule is Cc1cc(CC(=O)NCCN2CCC[C@@H](CO)C2)on1. The summed E-state index contributed by atoms with van der Waals surface area (Å²) < 4.78 is 5.01. The molecule has 2 heterocycles. The molecule has 1 amide bonds. The molecule has 1 aromatic heterocycles. The number of aliphatic hydroxyl groups is 1. The van der Waals surface area contributed by atoms with Gasteiger partial charge in [0.05, 0.1) is 12.1 Å². The normalized spacial score (nSPS) is 20.0. The Labute approximate surface area is 119 Å². The monoisotopic (exact) mass is 281 g/mol. The van der Waals surface area contributed by atoms with Gasteiger partial charge in [0.25, 0.3) is 0 Å². The minimum Gasteiger partial charge on any atom is -0.396 e. The molecular weight excluding hydrogens is 258 g/mol. The average Bonchev–Trinajstić information content (AvgIpc) is 2.84. The quantitative estimate of drug-likeness (QED) is 0.786. The molecule has 0 bridgehead atoms. The van der Waals surface area contributed by atoms with Gasteiger partial charge in [0.1, 0.15) is 5.76 Å². The van der Waals surface area contributed by atoms with Gasteiger partial charge >= 0.3 is 0 Å². The molecule has 0 saturated carbocycles. The van der Waals surface area contributed by atoms with E-state index in [2.05, 4.69) is 15.4 Å². The zero-order chi connectivity index (χ0) is 14.4. The van der Waals surface area contributed by atoms with Gasteiger partial charge in [-0.3, -0.25) is 4.79 Å². The Hall–Kier alpha value is -1.40. The number of carbonyl (C=O) groups excluding carboxylic acids is 1. The molecule has 1 aliphatic heterocycles. The number of likely N-dealkylation sites (tertiary alicyclic amines) is 1. The van der Waals surface area contributed by atoms with E-state index >= 15 is 0 Å². The first-order valence-electron chi connectivity index (χ1n) is 7.19. The average molecular weight is 281 g/mol. The molecule has 0 aliphatic carbocycles. The minimum atomic E-state index is -0.0446. The molecule has 20 heavy (non-hydrogen) atoms. The van der Waals surface area contributed by atoms with Crippen LogP contribution in [0.2, 0.25) is 0 Å². The number of carbonyl (C=O) groups is 1. The van der Waals surface area contributed by atoms with E-state index in [1.165, 1.54) is 0 Å². The molecule has 6 nitrogen and oxygen atoms in total. The predicted octanol–water partition coefficient (Wildman–Crippen LogP) is 0.346. The van der Waals surface area contributed by atoms with Crippen LogP contribution in [-0.2, 0) is 11.2 Å². The van der Waals surface area contributed by atoms with Crippen LogP contribution in [0, 0.1) is 12.8 Å². The summed E-state index contributed by atoms with van der Waals surface area (Å²) in [6, 6.07) is 1.77. The molecule has 1 saturated heterocycles. The Balaban J connectivity index is 1.64. The number of hydrogen-bond donors (Lipinski definition) is 2. The summed E-state index contributed by atoms with van der Waals surface area (Å²) in [5.41, 5.74) is 0.788. The van der Waals surface area contributed by atoms with Gasteiger partial charge in [-0.25, -0.2) is 0 Å². The smallest absolute Gasteiger partial charge is 0.227 e. The summed E-state index contributed by atoms with van der Waals surface area (Å²) in [6.07, 6.45) is 2.46. The van der Waals surface area contributed by atoms with Crippen molar-refractivity contribution >= 4 is 5.91 Å². The second-order valence-electron chi connectivity index (χ2n) is 5.45. The minimum absolute atomic E-state index is 0.0446. The van der Waals surface area contributed by atoms with Crippen molar-refractivity contribution in [3.8, 4) is 0 Å². The first-order chi connectivity index (χ1) is 9.67. The lowest BCUT2D eigenvalue weighted by atomic mass is 9.99. The van der Waals surface area contributed by atoms with Gasteiger partial charge in [-0.2, -0.15) is 0 Å². The molecule has 0 spiro atoms. The molecular formula is C14H23N3O3. The number of rotatable bonds is 6. The van der Waals surface area contributed by atoms with Gasteiger partial charge in [0, 0.05) is 32.3 Å². The fraction of sp³-hybridized carbons (Fsp3) is 0.714. The number of amides is 1. The maximum absolute atomic E-state index is 11.7. The fourth-order valence-corrected chi connectivity index (χ4v) is 2.58. The maximum atomic E-state index is 11.7. The van der Waals surface area contributed by atoms with Gasteiger partial charge in [0.2, 0.25) is 5.91 Å². The number of hydrogen-bond acceptors (Lipinski definition) is 5. The molecule has 112 valence electrons. The van der Waals surface area contributed by atoms with Crippen molar-refractivity contribution in [2.75, 3.05) is 32.8 Å². The highest BCUT2D eigenvalue weighted by Gasteiger charge is 2.18. The first-order valence-corrected chi connectivity index (χ1v) is 7.19. The van der Waals surface area contributed by atoms with Crippen LogP contribution in [0.3, 0.4) is 0 Å². The molecule has 2 rings (SSSR count). The van der Waals surface area contributed by atoms with Crippen molar-refractivity contribution < 1.29 is 14.4 Å². The third-order valence-electron chi connectivity index (χ3n) is 3.62. The lowest BCUT2D eigenvalue weighted by Crippen LogP contribution is -2.41. The molecule has 1 atom stereocenters. The number of aryl methyl sites for hydroxylation is 1. The van der Waals surface area contributed by atoms with Crippen molar-refractivity contribution in [2.24, 2.45) is 5.92 Å². The number of nitrogens with one attached hydrogen (secondary N) is 1. The fourth-order valence-electron chi connectivity index (χ4n) is 2.58. The molecule has 1 aliphatic rings. The predicted molar refractivity (Wildman–Crippen MR) is 74.2 cm³/mol. The summed E-state index contributed by atoms with van der Waals surface area (Å²) in [4.78, 5) is 14.0. The van der Waals surface area contributed by atoms with Crippen molar-refractivity contribution in [2.45, 2.75) is 26.2 Å². The summed E-state index contributed by atoms with van der Waals surface area (Å²) >= 11 is 0. The zero-order valence-corrected chi connectivity index (χ0v) is 12.0. The Morgan fingerprint density at radius 3 is 3.20 bits per heavy atom. The van der Waals surface area contributed by atoms with E-state index in [0.717, 1.165) is 38.2 Å². The van der Waals surface area contributed by atoms with E-state index in [9.17, 15) is 9.90 Å². The van der Waals surface area contributed by atoms with E-state index in [0.29, 0.717) is 18.2 Å². The van der Waals surface area contributed by atoms with Crippen LogP contribution in [0.5, 0.6) is 0 Å². The number of aliphatic hydroxyl groups excluding tert-OH is 1.